The van der Waals surface area contributed by atoms with E-state index in [1.807, 2.05) is 10.5 Å². The fourth-order valence-electron chi connectivity index (χ4n) is 5.31. The van der Waals surface area contributed by atoms with Crippen LogP contribution in [-0.4, -0.2) is 37.5 Å². The summed E-state index contributed by atoms with van der Waals surface area (Å²) in [5, 5.41) is 9.28. The van der Waals surface area contributed by atoms with Crippen molar-refractivity contribution in [3.8, 4) is 11.3 Å². The van der Waals surface area contributed by atoms with Crippen LogP contribution in [0.2, 0.25) is 0 Å². The van der Waals surface area contributed by atoms with Crippen molar-refractivity contribution < 1.29 is 9.53 Å². The first-order valence-electron chi connectivity index (χ1n) is 10.9. The van der Waals surface area contributed by atoms with Gasteiger partial charge in [0.25, 0.3) is 5.56 Å². The lowest BCUT2D eigenvalue weighted by Gasteiger charge is -2.42. The zero-order valence-corrected chi connectivity index (χ0v) is 18.7. The first-order chi connectivity index (χ1) is 15.1. The summed E-state index contributed by atoms with van der Waals surface area (Å²) in [7, 11) is 1.77. The molecule has 2 aliphatic rings. The maximum absolute atomic E-state index is 13.7. The van der Waals surface area contributed by atoms with Gasteiger partial charge in [-0.15, -0.1) is 10.2 Å². The van der Waals surface area contributed by atoms with Crippen molar-refractivity contribution in [2.24, 2.45) is 7.05 Å². The predicted molar refractivity (Wildman–Crippen MR) is 119 cm³/mol. The molecule has 8 heteroatoms. The lowest BCUT2D eigenvalue weighted by Crippen LogP contribution is -2.43. The molecule has 2 heterocycles. The van der Waals surface area contributed by atoms with Gasteiger partial charge in [-0.3, -0.25) is 18.6 Å². The number of nitrogens with zero attached hydrogens (tertiary/aromatic N) is 4. The van der Waals surface area contributed by atoms with Gasteiger partial charge < -0.3 is 4.74 Å². The van der Waals surface area contributed by atoms with Crippen molar-refractivity contribution in [2.75, 3.05) is 12.4 Å². The number of thioether (sulfide) groups is 1. The van der Waals surface area contributed by atoms with Crippen molar-refractivity contribution in [2.45, 2.75) is 56.0 Å². The summed E-state index contributed by atoms with van der Waals surface area (Å²) >= 11 is 1.30. The molecule has 7 nitrogen and oxygen atoms in total. The average Bonchev–Trinajstić information content (AvgIpc) is 3.20. The minimum atomic E-state index is -0.285. The molecular formula is C23H26N4O3S. The first-order valence-corrected chi connectivity index (χ1v) is 11.9. The summed E-state index contributed by atoms with van der Waals surface area (Å²) in [5.74, 6) is 0.365. The molecule has 0 unspecified atom stereocenters. The van der Waals surface area contributed by atoms with Gasteiger partial charge in [-0.05, 0) is 31.7 Å². The number of esters is 1. The molecule has 0 atom stereocenters. The summed E-state index contributed by atoms with van der Waals surface area (Å²) in [6.45, 7) is 2.14. The molecule has 2 aromatic heterocycles. The van der Waals surface area contributed by atoms with E-state index in [0.29, 0.717) is 17.5 Å². The van der Waals surface area contributed by atoms with E-state index in [1.54, 1.807) is 18.5 Å². The Hall–Kier alpha value is -2.61. The smallest absolute Gasteiger partial charge is 0.316 e. The van der Waals surface area contributed by atoms with Crippen LogP contribution in [0.15, 0.2) is 34.2 Å². The zero-order valence-electron chi connectivity index (χ0n) is 17.9. The SMILES string of the molecule is CCOC(=O)CSc1nnc2n(C)c(=O)c3c(n12)-c1ccccc1CC31CCCCC1. The quantitative estimate of drug-likeness (QED) is 0.458. The first kappa shape index (κ1) is 20.3. The van der Waals surface area contributed by atoms with Gasteiger partial charge in [0.15, 0.2) is 5.16 Å². The number of ether oxygens (including phenoxy) is 1. The Morgan fingerprint density at radius 1 is 1.19 bits per heavy atom. The fourth-order valence-corrected chi connectivity index (χ4v) is 6.04. The van der Waals surface area contributed by atoms with Crippen molar-refractivity contribution in [1.29, 1.82) is 0 Å². The molecule has 0 amide bonds. The molecular weight excluding hydrogens is 412 g/mol. The highest BCUT2D eigenvalue weighted by Crippen LogP contribution is 2.49. The third kappa shape index (κ3) is 3.19. The molecule has 0 aliphatic heterocycles. The summed E-state index contributed by atoms with van der Waals surface area (Å²) in [4.78, 5) is 25.6. The Balaban J connectivity index is 1.78. The molecule has 1 aromatic carbocycles. The number of hydrogen-bond donors (Lipinski definition) is 0. The van der Waals surface area contributed by atoms with E-state index in [4.69, 9.17) is 4.74 Å². The zero-order chi connectivity index (χ0) is 21.6. The Kier molecular flexibility index (Phi) is 5.12. The van der Waals surface area contributed by atoms with E-state index in [0.717, 1.165) is 48.9 Å². The lowest BCUT2D eigenvalue weighted by atomic mass is 9.62. The number of benzene rings is 1. The highest BCUT2D eigenvalue weighted by Gasteiger charge is 2.43. The van der Waals surface area contributed by atoms with Crippen LogP contribution >= 0.6 is 11.8 Å². The van der Waals surface area contributed by atoms with Crippen molar-refractivity contribution in [1.82, 2.24) is 19.2 Å². The van der Waals surface area contributed by atoms with Crippen LogP contribution in [0.25, 0.3) is 17.0 Å². The highest BCUT2D eigenvalue weighted by atomic mass is 32.2. The van der Waals surface area contributed by atoms with Gasteiger partial charge in [-0.25, -0.2) is 0 Å². The molecule has 1 fully saturated rings. The van der Waals surface area contributed by atoms with Crippen LogP contribution in [0.3, 0.4) is 0 Å². The van der Waals surface area contributed by atoms with Crippen LogP contribution in [0.4, 0.5) is 0 Å². The molecule has 0 radical (unpaired) electrons. The number of rotatable bonds is 4. The van der Waals surface area contributed by atoms with Gasteiger partial charge in [-0.2, -0.15) is 0 Å². The summed E-state index contributed by atoms with van der Waals surface area (Å²) in [5.41, 5.74) is 3.99. The van der Waals surface area contributed by atoms with Crippen molar-refractivity contribution >= 4 is 23.5 Å². The molecule has 162 valence electrons. The second-order valence-corrected chi connectivity index (χ2v) is 9.42. The topological polar surface area (TPSA) is 78.5 Å². The van der Waals surface area contributed by atoms with Gasteiger partial charge >= 0.3 is 5.97 Å². The minimum Gasteiger partial charge on any atom is -0.465 e. The van der Waals surface area contributed by atoms with E-state index in [1.165, 1.54) is 23.7 Å². The largest absolute Gasteiger partial charge is 0.465 e. The number of fused-ring (bicyclic) bond motifs is 6. The van der Waals surface area contributed by atoms with E-state index in [2.05, 4.69) is 28.4 Å². The standard InChI is InChI=1S/C23H26N4O3S/c1-3-30-17(28)14-31-22-25-24-21-26(2)20(29)18-19(27(21)22)16-10-6-5-9-15(16)13-23(18)11-7-4-8-12-23/h5-6,9-10H,3-4,7-8,11-14H2,1-2H3. The Labute approximate surface area is 184 Å². The highest BCUT2D eigenvalue weighted by molar-refractivity contribution is 7.99. The number of aryl methyl sites for hydroxylation is 1. The fraction of sp³-hybridized carbons (Fsp3) is 0.478. The Morgan fingerprint density at radius 3 is 2.74 bits per heavy atom. The average molecular weight is 439 g/mol. The third-order valence-corrected chi connectivity index (χ3v) is 7.56. The van der Waals surface area contributed by atoms with Crippen LogP contribution in [-0.2, 0) is 28.4 Å². The Morgan fingerprint density at radius 2 is 1.97 bits per heavy atom. The molecule has 0 saturated heterocycles. The van der Waals surface area contributed by atoms with Gasteiger partial charge in [0, 0.05) is 23.6 Å². The molecule has 2 aliphatic carbocycles. The van der Waals surface area contributed by atoms with E-state index in [-0.39, 0.29) is 22.7 Å². The summed E-state index contributed by atoms with van der Waals surface area (Å²) in [6.07, 6.45) is 6.41. The normalized spacial score (nSPS) is 16.8. The second kappa shape index (κ2) is 7.82. The lowest BCUT2D eigenvalue weighted by molar-refractivity contribution is -0.139. The van der Waals surface area contributed by atoms with Gasteiger partial charge in [0.2, 0.25) is 5.78 Å². The van der Waals surface area contributed by atoms with Crippen LogP contribution < -0.4 is 5.56 Å². The summed E-state index contributed by atoms with van der Waals surface area (Å²) < 4.78 is 8.68. The van der Waals surface area contributed by atoms with Crippen molar-refractivity contribution in [3.63, 3.8) is 0 Å². The van der Waals surface area contributed by atoms with Crippen molar-refractivity contribution in [3.05, 3.63) is 45.7 Å². The van der Waals surface area contributed by atoms with E-state index >= 15 is 0 Å². The molecule has 5 rings (SSSR count). The van der Waals surface area contributed by atoms with E-state index in [9.17, 15) is 9.59 Å². The molecule has 1 spiro atoms. The molecule has 0 bridgehead atoms. The maximum atomic E-state index is 13.7. The van der Waals surface area contributed by atoms with Crippen LogP contribution in [0.5, 0.6) is 0 Å². The number of carbonyl (C=O) groups is 1. The predicted octanol–water partition coefficient (Wildman–Crippen LogP) is 3.51. The minimum absolute atomic E-state index is 0.0215. The van der Waals surface area contributed by atoms with Crippen LogP contribution in [0.1, 0.15) is 50.2 Å². The maximum Gasteiger partial charge on any atom is 0.316 e. The molecule has 0 N–H and O–H groups in total. The number of hydrogen-bond acceptors (Lipinski definition) is 6. The number of aromatic nitrogens is 4. The third-order valence-electron chi connectivity index (χ3n) is 6.66. The second-order valence-electron chi connectivity index (χ2n) is 8.47. The monoisotopic (exact) mass is 438 g/mol. The van der Waals surface area contributed by atoms with Gasteiger partial charge in [-0.1, -0.05) is 55.3 Å². The van der Waals surface area contributed by atoms with Crippen LogP contribution in [0, 0.1) is 0 Å². The van der Waals surface area contributed by atoms with Gasteiger partial charge in [0.05, 0.1) is 18.1 Å². The van der Waals surface area contributed by atoms with Gasteiger partial charge in [0.1, 0.15) is 0 Å². The molecule has 31 heavy (non-hydrogen) atoms. The number of carbonyl (C=O) groups excluding carboxylic acids is 1. The molecule has 1 saturated carbocycles. The molecule has 3 aromatic rings. The Bertz CT molecular complexity index is 1220. The summed E-state index contributed by atoms with van der Waals surface area (Å²) in [6, 6.07) is 8.35. The van der Waals surface area contributed by atoms with E-state index < -0.39 is 0 Å².